The Morgan fingerprint density at radius 2 is 2.08 bits per heavy atom. The number of benzene rings is 1. The molecule has 0 fully saturated rings. The van der Waals surface area contributed by atoms with E-state index in [1.165, 1.54) is 5.48 Å². The second kappa shape index (κ2) is 3.80. The van der Waals surface area contributed by atoms with Crippen LogP contribution in [-0.4, -0.2) is 11.1 Å². The summed E-state index contributed by atoms with van der Waals surface area (Å²) in [4.78, 5) is 10.8. The van der Waals surface area contributed by atoms with E-state index in [-0.39, 0.29) is 10.0 Å². The molecule has 70 valence electrons. The van der Waals surface area contributed by atoms with Crippen molar-refractivity contribution in [2.45, 2.75) is 0 Å². The van der Waals surface area contributed by atoms with Crippen molar-refractivity contribution in [1.82, 2.24) is 5.48 Å². The second-order valence-electron chi connectivity index (χ2n) is 2.19. The maximum Gasteiger partial charge on any atom is 0.274 e. The summed E-state index contributed by atoms with van der Waals surface area (Å²) in [5.74, 6) is -3.14. The Morgan fingerprint density at radius 3 is 2.54 bits per heavy atom. The van der Waals surface area contributed by atoms with Crippen LogP contribution in [0, 0.1) is 11.6 Å². The van der Waals surface area contributed by atoms with Gasteiger partial charge in [0.1, 0.15) is 0 Å². The topological polar surface area (TPSA) is 49.3 Å². The number of rotatable bonds is 1. The quantitative estimate of drug-likeness (QED) is 0.455. The third-order valence-corrected chi connectivity index (χ3v) is 1.92. The molecule has 2 N–H and O–H groups in total. The Balaban J connectivity index is 3.20. The van der Waals surface area contributed by atoms with Gasteiger partial charge >= 0.3 is 0 Å². The molecule has 0 unspecified atom stereocenters. The van der Waals surface area contributed by atoms with Crippen molar-refractivity contribution < 1.29 is 18.8 Å². The zero-order chi connectivity index (χ0) is 10.0. The van der Waals surface area contributed by atoms with Crippen LogP contribution >= 0.6 is 15.9 Å². The van der Waals surface area contributed by atoms with Gasteiger partial charge in [-0.3, -0.25) is 10.0 Å². The van der Waals surface area contributed by atoms with Gasteiger partial charge in [-0.25, -0.2) is 14.3 Å². The molecule has 0 saturated heterocycles. The van der Waals surface area contributed by atoms with Crippen molar-refractivity contribution in [2.75, 3.05) is 0 Å². The summed E-state index contributed by atoms with van der Waals surface area (Å²) in [6.45, 7) is 0. The highest BCUT2D eigenvalue weighted by Gasteiger charge is 2.12. The lowest BCUT2D eigenvalue weighted by molar-refractivity contribution is 0.0705. The fourth-order valence-electron chi connectivity index (χ4n) is 0.751. The van der Waals surface area contributed by atoms with Crippen molar-refractivity contribution in [1.29, 1.82) is 0 Å². The van der Waals surface area contributed by atoms with E-state index in [2.05, 4.69) is 15.9 Å². The van der Waals surface area contributed by atoms with E-state index < -0.39 is 17.5 Å². The normalized spacial score (nSPS) is 9.85. The third-order valence-electron chi connectivity index (χ3n) is 1.35. The van der Waals surface area contributed by atoms with Crippen LogP contribution in [0.4, 0.5) is 8.78 Å². The van der Waals surface area contributed by atoms with Crippen LogP contribution < -0.4 is 5.48 Å². The molecule has 1 amide bonds. The van der Waals surface area contributed by atoms with E-state index >= 15 is 0 Å². The Hall–Kier alpha value is -1.01. The number of hydrogen-bond acceptors (Lipinski definition) is 2. The van der Waals surface area contributed by atoms with Crippen molar-refractivity contribution in [3.63, 3.8) is 0 Å². The lowest BCUT2D eigenvalue weighted by atomic mass is 10.2. The molecule has 3 nitrogen and oxygen atoms in total. The molecule has 6 heteroatoms. The zero-order valence-corrected chi connectivity index (χ0v) is 7.73. The number of hydrogen-bond donors (Lipinski definition) is 2. The first kappa shape index (κ1) is 10.1. The number of carbonyl (C=O) groups is 1. The largest absolute Gasteiger partial charge is 0.288 e. The van der Waals surface area contributed by atoms with Crippen LogP contribution in [0.1, 0.15) is 10.4 Å². The monoisotopic (exact) mass is 251 g/mol. The number of halogens is 3. The molecule has 0 heterocycles. The minimum atomic E-state index is -1.16. The molecule has 1 rings (SSSR count). The van der Waals surface area contributed by atoms with Gasteiger partial charge in [0.25, 0.3) is 5.91 Å². The number of hydroxylamine groups is 1. The summed E-state index contributed by atoms with van der Waals surface area (Å²) in [6, 6.07) is 1.75. The molecule has 13 heavy (non-hydrogen) atoms. The zero-order valence-electron chi connectivity index (χ0n) is 6.14. The maximum absolute atomic E-state index is 12.7. The van der Waals surface area contributed by atoms with Crippen LogP contribution in [0.3, 0.4) is 0 Å². The van der Waals surface area contributed by atoms with Gasteiger partial charge in [-0.2, -0.15) is 0 Å². The molecule has 0 bridgehead atoms. The first-order valence-corrected chi connectivity index (χ1v) is 3.94. The van der Waals surface area contributed by atoms with Crippen LogP contribution in [0.5, 0.6) is 0 Å². The minimum absolute atomic E-state index is 0.173. The van der Waals surface area contributed by atoms with Gasteiger partial charge in [-0.15, -0.1) is 0 Å². The Labute approximate surface area is 80.5 Å². The van der Waals surface area contributed by atoms with Gasteiger partial charge in [0.05, 0.1) is 4.47 Å². The summed E-state index contributed by atoms with van der Waals surface area (Å²) < 4.78 is 25.2. The summed E-state index contributed by atoms with van der Waals surface area (Å²) in [7, 11) is 0. The van der Waals surface area contributed by atoms with Gasteiger partial charge in [0.2, 0.25) is 0 Å². The van der Waals surface area contributed by atoms with Gasteiger partial charge in [0.15, 0.2) is 11.6 Å². The maximum atomic E-state index is 12.7. The molecule has 0 saturated carbocycles. The number of nitrogens with one attached hydrogen (secondary N) is 1. The molecule has 0 aliphatic carbocycles. The number of amides is 1. The Morgan fingerprint density at radius 1 is 1.46 bits per heavy atom. The fourth-order valence-corrected chi connectivity index (χ4v) is 1.19. The van der Waals surface area contributed by atoms with Crippen molar-refractivity contribution >= 4 is 21.8 Å². The van der Waals surface area contributed by atoms with Crippen LogP contribution in [-0.2, 0) is 0 Å². The molecule has 1 aromatic rings. The average molecular weight is 252 g/mol. The highest BCUT2D eigenvalue weighted by molar-refractivity contribution is 9.10. The van der Waals surface area contributed by atoms with E-state index in [4.69, 9.17) is 5.21 Å². The predicted octanol–water partition coefficient (Wildman–Crippen LogP) is 1.85. The first-order chi connectivity index (χ1) is 6.06. The fraction of sp³-hybridized carbons (Fsp3) is 0. The van der Waals surface area contributed by atoms with E-state index in [0.29, 0.717) is 6.07 Å². The van der Waals surface area contributed by atoms with E-state index in [0.717, 1.165) is 6.07 Å². The molecule has 0 aliphatic rings. The minimum Gasteiger partial charge on any atom is -0.288 e. The standard InChI is InChI=1S/C7H4BrF2NO2/c8-4-1-3(7(12)11-13)2-5(9)6(4)10/h1-2,13H,(H,11,12). The molecule has 0 atom stereocenters. The smallest absolute Gasteiger partial charge is 0.274 e. The summed E-state index contributed by atoms with van der Waals surface area (Å²) >= 11 is 2.72. The molecular weight excluding hydrogens is 248 g/mol. The molecule has 0 spiro atoms. The van der Waals surface area contributed by atoms with Gasteiger partial charge in [-0.05, 0) is 28.1 Å². The van der Waals surface area contributed by atoms with Crippen LogP contribution in [0.25, 0.3) is 0 Å². The summed E-state index contributed by atoms with van der Waals surface area (Å²) in [6.07, 6.45) is 0. The Kier molecular flexibility index (Phi) is 2.94. The summed E-state index contributed by atoms with van der Waals surface area (Å²) in [5.41, 5.74) is 1.13. The molecule has 1 aromatic carbocycles. The first-order valence-electron chi connectivity index (χ1n) is 3.15. The van der Waals surface area contributed by atoms with Gasteiger partial charge < -0.3 is 0 Å². The van der Waals surface area contributed by atoms with Crippen LogP contribution in [0.2, 0.25) is 0 Å². The highest BCUT2D eigenvalue weighted by atomic mass is 79.9. The number of carbonyl (C=O) groups excluding carboxylic acids is 1. The van der Waals surface area contributed by atoms with Crippen molar-refractivity contribution in [2.24, 2.45) is 0 Å². The van der Waals surface area contributed by atoms with Crippen LogP contribution in [0.15, 0.2) is 16.6 Å². The lowest BCUT2D eigenvalue weighted by Crippen LogP contribution is -2.18. The SMILES string of the molecule is O=C(NO)c1cc(F)c(F)c(Br)c1. The van der Waals surface area contributed by atoms with E-state index in [1.807, 2.05) is 0 Å². The predicted molar refractivity (Wildman–Crippen MR) is 43.3 cm³/mol. The van der Waals surface area contributed by atoms with E-state index in [9.17, 15) is 13.6 Å². The Bertz CT molecular complexity index is 333. The highest BCUT2D eigenvalue weighted by Crippen LogP contribution is 2.20. The van der Waals surface area contributed by atoms with Gasteiger partial charge in [0, 0.05) is 5.56 Å². The second-order valence-corrected chi connectivity index (χ2v) is 3.05. The molecule has 0 radical (unpaired) electrons. The van der Waals surface area contributed by atoms with Gasteiger partial charge in [-0.1, -0.05) is 0 Å². The van der Waals surface area contributed by atoms with Crippen molar-refractivity contribution in [3.05, 3.63) is 33.8 Å². The summed E-state index contributed by atoms with van der Waals surface area (Å²) in [5, 5.41) is 8.21. The molecular formula is C7H4BrF2NO2. The lowest BCUT2D eigenvalue weighted by Gasteiger charge is -2.01. The molecule has 0 aromatic heterocycles. The van der Waals surface area contributed by atoms with Crippen molar-refractivity contribution in [3.8, 4) is 0 Å². The average Bonchev–Trinajstić information content (AvgIpc) is 2.12. The third kappa shape index (κ3) is 2.02. The molecule has 0 aliphatic heterocycles. The van der Waals surface area contributed by atoms with E-state index in [1.54, 1.807) is 0 Å².